The molecular weight excluding hydrogens is 387 g/mol. The standard InChI is InChI=1S/C12H7ClF3N5O3S/c13-9-8(5-17-19-9)25(22,23)21-7-3-1-6(2-4-7)10-18-11(24-20-10)12(14,15)16/h1-5,21H,(H,17,19). The first-order valence-corrected chi connectivity index (χ1v) is 8.26. The quantitative estimate of drug-likeness (QED) is 0.704. The van der Waals surface area contributed by atoms with Crippen molar-refractivity contribution in [1.82, 2.24) is 20.3 Å². The Morgan fingerprint density at radius 1 is 1.20 bits per heavy atom. The van der Waals surface area contributed by atoms with Crippen LogP contribution in [0.1, 0.15) is 5.89 Å². The van der Waals surface area contributed by atoms with E-state index in [1.807, 2.05) is 0 Å². The second kappa shape index (κ2) is 6.04. The third-order valence-corrected chi connectivity index (χ3v) is 4.71. The van der Waals surface area contributed by atoms with Gasteiger partial charge < -0.3 is 4.52 Å². The van der Waals surface area contributed by atoms with Gasteiger partial charge in [-0.1, -0.05) is 16.8 Å². The minimum absolute atomic E-state index is 0.153. The molecule has 13 heteroatoms. The second-order valence-corrected chi connectivity index (χ2v) is 6.68. The van der Waals surface area contributed by atoms with E-state index in [4.69, 9.17) is 11.6 Å². The number of alkyl halides is 3. The fourth-order valence-electron chi connectivity index (χ4n) is 1.80. The minimum Gasteiger partial charge on any atom is -0.329 e. The molecule has 2 N–H and O–H groups in total. The van der Waals surface area contributed by atoms with E-state index in [1.54, 1.807) is 0 Å². The highest BCUT2D eigenvalue weighted by atomic mass is 35.5. The molecule has 0 fully saturated rings. The van der Waals surface area contributed by atoms with Crippen LogP contribution in [-0.2, 0) is 16.2 Å². The molecular formula is C12H7ClF3N5O3S. The van der Waals surface area contributed by atoms with Crippen molar-refractivity contribution in [2.24, 2.45) is 0 Å². The maximum absolute atomic E-state index is 12.4. The van der Waals surface area contributed by atoms with Crippen LogP contribution in [0.2, 0.25) is 5.15 Å². The van der Waals surface area contributed by atoms with E-state index in [9.17, 15) is 21.6 Å². The van der Waals surface area contributed by atoms with Crippen molar-refractivity contribution in [3.05, 3.63) is 41.5 Å². The van der Waals surface area contributed by atoms with E-state index in [2.05, 4.69) is 29.6 Å². The van der Waals surface area contributed by atoms with Gasteiger partial charge in [0, 0.05) is 11.3 Å². The van der Waals surface area contributed by atoms with Gasteiger partial charge in [0.05, 0.1) is 6.20 Å². The van der Waals surface area contributed by atoms with E-state index in [-0.39, 0.29) is 27.1 Å². The Morgan fingerprint density at radius 2 is 1.88 bits per heavy atom. The van der Waals surface area contributed by atoms with Crippen LogP contribution in [0.5, 0.6) is 0 Å². The van der Waals surface area contributed by atoms with Gasteiger partial charge in [0.15, 0.2) is 0 Å². The van der Waals surface area contributed by atoms with Crippen LogP contribution in [0.15, 0.2) is 39.9 Å². The number of aromatic nitrogens is 4. The smallest absolute Gasteiger partial charge is 0.329 e. The first-order valence-electron chi connectivity index (χ1n) is 6.40. The van der Waals surface area contributed by atoms with Crippen molar-refractivity contribution in [1.29, 1.82) is 0 Å². The Hall–Kier alpha value is -2.60. The molecule has 0 radical (unpaired) electrons. The first-order chi connectivity index (χ1) is 11.7. The van der Waals surface area contributed by atoms with Crippen molar-refractivity contribution in [2.75, 3.05) is 4.72 Å². The van der Waals surface area contributed by atoms with Crippen LogP contribution >= 0.6 is 11.6 Å². The minimum atomic E-state index is -4.75. The highest BCUT2D eigenvalue weighted by Gasteiger charge is 2.38. The summed E-state index contributed by atoms with van der Waals surface area (Å²) in [5, 5.41) is 8.87. The van der Waals surface area contributed by atoms with Crippen molar-refractivity contribution in [3.8, 4) is 11.4 Å². The van der Waals surface area contributed by atoms with E-state index < -0.39 is 22.1 Å². The number of sulfonamides is 1. The molecule has 0 unspecified atom stereocenters. The zero-order chi connectivity index (χ0) is 18.2. The third-order valence-electron chi connectivity index (χ3n) is 2.91. The fourth-order valence-corrected chi connectivity index (χ4v) is 3.23. The van der Waals surface area contributed by atoms with Gasteiger partial charge in [0.25, 0.3) is 10.0 Å². The Labute approximate surface area is 143 Å². The Morgan fingerprint density at radius 3 is 2.40 bits per heavy atom. The molecule has 1 aromatic carbocycles. The Balaban J connectivity index is 1.81. The molecule has 132 valence electrons. The lowest BCUT2D eigenvalue weighted by atomic mass is 10.2. The highest BCUT2D eigenvalue weighted by Crippen LogP contribution is 2.30. The topological polar surface area (TPSA) is 114 Å². The third kappa shape index (κ3) is 3.58. The first kappa shape index (κ1) is 17.2. The summed E-state index contributed by atoms with van der Waals surface area (Å²) in [5.74, 6) is -1.75. The molecule has 3 aromatic rings. The summed E-state index contributed by atoms with van der Waals surface area (Å²) in [6.07, 6.45) is -3.71. The van der Waals surface area contributed by atoms with Gasteiger partial charge in [0.1, 0.15) is 10.0 Å². The summed E-state index contributed by atoms with van der Waals surface area (Å²) in [7, 11) is -3.97. The summed E-state index contributed by atoms with van der Waals surface area (Å²) in [6.45, 7) is 0. The summed E-state index contributed by atoms with van der Waals surface area (Å²) < 4.78 is 68.0. The molecule has 2 aromatic heterocycles. The van der Waals surface area contributed by atoms with Gasteiger partial charge in [-0.05, 0) is 24.3 Å². The van der Waals surface area contributed by atoms with E-state index in [0.717, 1.165) is 6.20 Å². The zero-order valence-electron chi connectivity index (χ0n) is 11.9. The van der Waals surface area contributed by atoms with Crippen LogP contribution in [0.25, 0.3) is 11.4 Å². The lowest BCUT2D eigenvalue weighted by Crippen LogP contribution is -2.12. The van der Waals surface area contributed by atoms with Gasteiger partial charge in [-0.3, -0.25) is 9.82 Å². The SMILES string of the molecule is O=S(=O)(Nc1ccc(-c2noc(C(F)(F)F)n2)cc1)c1cn[nH]c1Cl. The Kier molecular flexibility index (Phi) is 4.16. The van der Waals surface area contributed by atoms with Gasteiger partial charge in [-0.25, -0.2) is 8.42 Å². The number of hydrogen-bond donors (Lipinski definition) is 2. The van der Waals surface area contributed by atoms with Crippen LogP contribution in [0.4, 0.5) is 18.9 Å². The molecule has 25 heavy (non-hydrogen) atoms. The molecule has 0 aliphatic carbocycles. The Bertz CT molecular complexity index is 998. The predicted molar refractivity (Wildman–Crippen MR) is 79.1 cm³/mol. The number of rotatable bonds is 4. The summed E-state index contributed by atoms with van der Waals surface area (Å²) >= 11 is 5.68. The second-order valence-electron chi connectivity index (χ2n) is 4.65. The lowest BCUT2D eigenvalue weighted by Gasteiger charge is -2.06. The number of hydrogen-bond acceptors (Lipinski definition) is 6. The number of anilines is 1. The maximum Gasteiger partial charge on any atom is 0.471 e. The van der Waals surface area contributed by atoms with Crippen LogP contribution in [-0.4, -0.2) is 28.8 Å². The molecule has 8 nitrogen and oxygen atoms in total. The molecule has 0 bridgehead atoms. The molecule has 0 aliphatic heterocycles. The van der Waals surface area contributed by atoms with E-state index >= 15 is 0 Å². The molecule has 0 atom stereocenters. The maximum atomic E-state index is 12.4. The van der Waals surface area contributed by atoms with Gasteiger partial charge in [-0.15, -0.1) is 0 Å². The number of nitrogens with one attached hydrogen (secondary N) is 2. The average Bonchev–Trinajstić information content (AvgIpc) is 3.16. The van der Waals surface area contributed by atoms with Crippen LogP contribution in [0, 0.1) is 0 Å². The molecule has 0 amide bonds. The van der Waals surface area contributed by atoms with Gasteiger partial charge in [0.2, 0.25) is 5.82 Å². The average molecular weight is 394 g/mol. The largest absolute Gasteiger partial charge is 0.471 e. The monoisotopic (exact) mass is 393 g/mol. The van der Waals surface area contributed by atoms with E-state index in [1.165, 1.54) is 24.3 Å². The van der Waals surface area contributed by atoms with Crippen molar-refractivity contribution < 1.29 is 26.1 Å². The van der Waals surface area contributed by atoms with Crippen LogP contribution < -0.4 is 4.72 Å². The molecule has 0 spiro atoms. The number of nitrogens with zero attached hydrogens (tertiary/aromatic N) is 3. The van der Waals surface area contributed by atoms with Gasteiger partial charge >= 0.3 is 12.1 Å². The number of H-pyrrole nitrogens is 1. The van der Waals surface area contributed by atoms with Crippen LogP contribution in [0.3, 0.4) is 0 Å². The number of aromatic amines is 1. The number of benzene rings is 1. The molecule has 3 rings (SSSR count). The molecule has 0 saturated carbocycles. The highest BCUT2D eigenvalue weighted by molar-refractivity contribution is 7.92. The zero-order valence-corrected chi connectivity index (χ0v) is 13.4. The van der Waals surface area contributed by atoms with Crippen molar-refractivity contribution >= 4 is 27.3 Å². The lowest BCUT2D eigenvalue weighted by molar-refractivity contribution is -0.159. The summed E-state index contributed by atoms with van der Waals surface area (Å²) in [4.78, 5) is 2.99. The number of halogens is 4. The molecule has 0 saturated heterocycles. The predicted octanol–water partition coefficient (Wildman–Crippen LogP) is 2.93. The normalized spacial score (nSPS) is 12.3. The van der Waals surface area contributed by atoms with Crippen molar-refractivity contribution in [3.63, 3.8) is 0 Å². The molecule has 0 aliphatic rings. The summed E-state index contributed by atoms with van der Waals surface area (Å²) in [5.41, 5.74) is 0.365. The van der Waals surface area contributed by atoms with E-state index in [0.29, 0.717) is 0 Å². The fraction of sp³-hybridized carbons (Fsp3) is 0.0833. The molecule has 2 heterocycles. The van der Waals surface area contributed by atoms with Crippen molar-refractivity contribution in [2.45, 2.75) is 11.1 Å². The summed E-state index contributed by atoms with van der Waals surface area (Å²) in [6, 6.07) is 5.31. The van der Waals surface area contributed by atoms with Gasteiger partial charge in [-0.2, -0.15) is 23.3 Å².